The zero-order valence-corrected chi connectivity index (χ0v) is 15.6. The quantitative estimate of drug-likeness (QED) is 0.811. The number of nitrogens with one attached hydrogen (secondary N) is 1. The Bertz CT molecular complexity index is 912. The molecule has 5 nitrogen and oxygen atoms in total. The van der Waals surface area contributed by atoms with Gasteiger partial charge in [-0.2, -0.15) is 4.31 Å². The Balaban J connectivity index is 1.84. The summed E-state index contributed by atoms with van der Waals surface area (Å²) in [4.78, 5) is 12.4. The van der Waals surface area contributed by atoms with Crippen molar-refractivity contribution in [3.63, 3.8) is 0 Å². The van der Waals surface area contributed by atoms with Crippen molar-refractivity contribution in [2.45, 2.75) is 17.7 Å². The zero-order chi connectivity index (χ0) is 18.0. The zero-order valence-electron chi connectivity index (χ0n) is 13.2. The first kappa shape index (κ1) is 18.0. The van der Waals surface area contributed by atoms with E-state index in [-0.39, 0.29) is 16.1 Å². The summed E-state index contributed by atoms with van der Waals surface area (Å²) in [7, 11) is -3.61. The van der Waals surface area contributed by atoms with E-state index >= 15 is 0 Å². The molecule has 0 radical (unpaired) electrons. The number of rotatable bonds is 4. The highest BCUT2D eigenvalue weighted by Gasteiger charge is 2.27. The Morgan fingerprint density at radius 2 is 1.84 bits per heavy atom. The molecule has 0 atom stereocenters. The molecule has 1 aliphatic heterocycles. The van der Waals surface area contributed by atoms with E-state index in [0.717, 1.165) is 12.8 Å². The number of sulfonamides is 1. The SMILES string of the molecule is O=C(Nc1ccc(Br)cc1F)c1cccc(S(=O)(=O)N2CCCC2)c1. The molecule has 0 spiro atoms. The van der Waals surface area contributed by atoms with E-state index in [4.69, 9.17) is 0 Å². The monoisotopic (exact) mass is 426 g/mol. The van der Waals surface area contributed by atoms with E-state index in [1.165, 1.54) is 40.7 Å². The maximum Gasteiger partial charge on any atom is 0.255 e. The molecule has 2 aromatic rings. The maximum atomic E-state index is 13.9. The molecule has 1 fully saturated rings. The molecule has 0 unspecified atom stereocenters. The van der Waals surface area contributed by atoms with E-state index in [1.54, 1.807) is 6.07 Å². The smallest absolute Gasteiger partial charge is 0.255 e. The summed E-state index contributed by atoms with van der Waals surface area (Å²) in [5.74, 6) is -1.15. The number of amides is 1. The second-order valence-electron chi connectivity index (χ2n) is 5.72. The van der Waals surface area contributed by atoms with Gasteiger partial charge >= 0.3 is 0 Å². The van der Waals surface area contributed by atoms with E-state index in [9.17, 15) is 17.6 Å². The van der Waals surface area contributed by atoms with Crippen molar-refractivity contribution in [1.82, 2.24) is 4.31 Å². The van der Waals surface area contributed by atoms with Crippen LogP contribution in [0.1, 0.15) is 23.2 Å². The predicted molar refractivity (Wildman–Crippen MR) is 96.5 cm³/mol. The van der Waals surface area contributed by atoms with Gasteiger partial charge in [-0.15, -0.1) is 0 Å². The van der Waals surface area contributed by atoms with Crippen molar-refractivity contribution < 1.29 is 17.6 Å². The number of halogens is 2. The average Bonchev–Trinajstić information content (AvgIpc) is 3.13. The number of carbonyl (C=O) groups excluding carboxylic acids is 1. The molecular weight excluding hydrogens is 411 g/mol. The topological polar surface area (TPSA) is 66.5 Å². The minimum atomic E-state index is -3.61. The number of hydrogen-bond acceptors (Lipinski definition) is 3. The van der Waals surface area contributed by atoms with Crippen LogP contribution in [0, 0.1) is 5.82 Å². The predicted octanol–water partition coefficient (Wildman–Crippen LogP) is 3.63. The summed E-state index contributed by atoms with van der Waals surface area (Å²) in [6.45, 7) is 0.978. The number of carbonyl (C=O) groups is 1. The fraction of sp³-hybridized carbons (Fsp3) is 0.235. The molecule has 1 amide bonds. The molecular formula is C17H16BrFN2O3S. The molecule has 2 aromatic carbocycles. The van der Waals surface area contributed by atoms with Crippen molar-refractivity contribution in [2.24, 2.45) is 0 Å². The van der Waals surface area contributed by atoms with Gasteiger partial charge in [-0.1, -0.05) is 22.0 Å². The molecule has 1 heterocycles. The van der Waals surface area contributed by atoms with E-state index in [0.29, 0.717) is 17.6 Å². The third-order valence-corrected chi connectivity index (χ3v) is 6.37. The van der Waals surface area contributed by atoms with Gasteiger partial charge in [-0.3, -0.25) is 4.79 Å². The van der Waals surface area contributed by atoms with Gasteiger partial charge in [0.1, 0.15) is 5.82 Å². The van der Waals surface area contributed by atoms with Crippen LogP contribution in [0.4, 0.5) is 10.1 Å². The summed E-state index contributed by atoms with van der Waals surface area (Å²) < 4.78 is 41.0. The molecule has 0 aromatic heterocycles. The molecule has 0 aliphatic carbocycles. The molecule has 0 bridgehead atoms. The largest absolute Gasteiger partial charge is 0.319 e. The lowest BCUT2D eigenvalue weighted by atomic mass is 10.2. The highest BCUT2D eigenvalue weighted by molar-refractivity contribution is 9.10. The minimum Gasteiger partial charge on any atom is -0.319 e. The molecule has 3 rings (SSSR count). The van der Waals surface area contributed by atoms with Crippen LogP contribution in [-0.4, -0.2) is 31.7 Å². The van der Waals surface area contributed by atoms with Gasteiger partial charge in [0.05, 0.1) is 10.6 Å². The maximum absolute atomic E-state index is 13.9. The highest BCUT2D eigenvalue weighted by Crippen LogP contribution is 2.23. The van der Waals surface area contributed by atoms with E-state index in [2.05, 4.69) is 21.2 Å². The molecule has 1 aliphatic rings. The molecule has 8 heteroatoms. The normalized spacial score (nSPS) is 15.3. The van der Waals surface area contributed by atoms with Crippen LogP contribution in [0.3, 0.4) is 0 Å². The Morgan fingerprint density at radius 3 is 2.52 bits per heavy atom. The van der Waals surface area contributed by atoms with Crippen molar-refractivity contribution in [3.8, 4) is 0 Å². The third kappa shape index (κ3) is 3.91. The van der Waals surface area contributed by atoms with Crippen LogP contribution in [0.2, 0.25) is 0 Å². The lowest BCUT2D eigenvalue weighted by molar-refractivity contribution is 0.102. The number of nitrogens with zero attached hydrogens (tertiary/aromatic N) is 1. The molecule has 25 heavy (non-hydrogen) atoms. The van der Waals surface area contributed by atoms with Gasteiger partial charge in [0.15, 0.2) is 0 Å². The van der Waals surface area contributed by atoms with Crippen LogP contribution in [-0.2, 0) is 10.0 Å². The van der Waals surface area contributed by atoms with Gasteiger partial charge in [0, 0.05) is 23.1 Å². The second kappa shape index (κ2) is 7.23. The Morgan fingerprint density at radius 1 is 1.12 bits per heavy atom. The summed E-state index contributed by atoms with van der Waals surface area (Å²) in [5.41, 5.74) is 0.184. The Labute approximate surface area is 154 Å². The summed E-state index contributed by atoms with van der Waals surface area (Å²) in [5, 5.41) is 2.46. The van der Waals surface area contributed by atoms with Crippen molar-refractivity contribution >= 4 is 37.5 Å². The van der Waals surface area contributed by atoms with Crippen LogP contribution in [0.25, 0.3) is 0 Å². The molecule has 1 saturated heterocycles. The van der Waals surface area contributed by atoms with Gasteiger partial charge < -0.3 is 5.32 Å². The van der Waals surface area contributed by atoms with Crippen LogP contribution >= 0.6 is 15.9 Å². The minimum absolute atomic E-state index is 0.0287. The fourth-order valence-electron chi connectivity index (χ4n) is 2.66. The first-order valence-corrected chi connectivity index (χ1v) is 9.98. The van der Waals surface area contributed by atoms with Crippen LogP contribution in [0.5, 0.6) is 0 Å². The van der Waals surface area contributed by atoms with Crippen molar-refractivity contribution in [2.75, 3.05) is 18.4 Å². The molecule has 1 N–H and O–H groups in total. The Kier molecular flexibility index (Phi) is 5.21. The van der Waals surface area contributed by atoms with Gasteiger partial charge in [-0.25, -0.2) is 12.8 Å². The van der Waals surface area contributed by atoms with Crippen LogP contribution < -0.4 is 5.32 Å². The summed E-state index contributed by atoms with van der Waals surface area (Å²) >= 11 is 3.15. The first-order valence-electron chi connectivity index (χ1n) is 7.74. The number of anilines is 1. The highest BCUT2D eigenvalue weighted by atomic mass is 79.9. The average molecular weight is 427 g/mol. The number of benzene rings is 2. The van der Waals surface area contributed by atoms with Crippen molar-refractivity contribution in [3.05, 3.63) is 58.3 Å². The van der Waals surface area contributed by atoms with Crippen molar-refractivity contribution in [1.29, 1.82) is 0 Å². The Hall–Kier alpha value is -1.77. The lowest BCUT2D eigenvalue weighted by Gasteiger charge is -2.16. The summed E-state index contributed by atoms with van der Waals surface area (Å²) in [6.07, 6.45) is 1.67. The summed E-state index contributed by atoms with van der Waals surface area (Å²) in [6, 6.07) is 10.1. The third-order valence-electron chi connectivity index (χ3n) is 3.98. The van der Waals surface area contributed by atoms with E-state index < -0.39 is 21.7 Å². The molecule has 0 saturated carbocycles. The van der Waals surface area contributed by atoms with E-state index in [1.807, 2.05) is 0 Å². The fourth-order valence-corrected chi connectivity index (χ4v) is 4.56. The van der Waals surface area contributed by atoms with Crippen LogP contribution in [0.15, 0.2) is 51.8 Å². The first-order chi connectivity index (χ1) is 11.9. The van der Waals surface area contributed by atoms with Gasteiger partial charge in [0.2, 0.25) is 10.0 Å². The molecule has 132 valence electrons. The second-order valence-corrected chi connectivity index (χ2v) is 8.57. The van der Waals surface area contributed by atoms with Gasteiger partial charge in [0.25, 0.3) is 5.91 Å². The lowest BCUT2D eigenvalue weighted by Crippen LogP contribution is -2.28. The van der Waals surface area contributed by atoms with Gasteiger partial charge in [-0.05, 0) is 49.2 Å². The standard InChI is InChI=1S/C17H16BrFN2O3S/c18-13-6-7-16(15(19)11-13)20-17(22)12-4-3-5-14(10-12)25(23,24)21-8-1-2-9-21/h3-7,10-11H,1-2,8-9H2,(H,20,22). The number of hydrogen-bond donors (Lipinski definition) is 1.